The van der Waals surface area contributed by atoms with Crippen LogP contribution < -0.4 is 0 Å². The maximum atomic E-state index is 5.96. The Morgan fingerprint density at radius 2 is 1.16 bits per heavy atom. The highest BCUT2D eigenvalue weighted by atomic mass is 16.7. The highest BCUT2D eigenvalue weighted by molar-refractivity contribution is 5.71. The van der Waals surface area contributed by atoms with Crippen LogP contribution in [-0.4, -0.2) is 18.7 Å². The van der Waals surface area contributed by atoms with Crippen molar-refractivity contribution in [3.05, 3.63) is 106 Å². The molecule has 2 nitrogen and oxygen atoms in total. The number of hydrogen-bond donors (Lipinski definition) is 0. The van der Waals surface area contributed by atoms with E-state index in [4.69, 9.17) is 4.84 Å². The maximum Gasteiger partial charge on any atom is 0.122 e. The fraction of sp³-hybridized carbons (Fsp3) is 0.217. The summed E-state index contributed by atoms with van der Waals surface area (Å²) in [5, 5.41) is 2.14. The van der Waals surface area contributed by atoms with Gasteiger partial charge in [-0.2, -0.15) is 5.06 Å². The summed E-state index contributed by atoms with van der Waals surface area (Å²) in [6, 6.07) is 26.6. The predicted octanol–water partition coefficient (Wildman–Crippen LogP) is 4.67. The van der Waals surface area contributed by atoms with Crippen LogP contribution in [0.15, 0.2) is 72.8 Å². The van der Waals surface area contributed by atoms with Crippen molar-refractivity contribution >= 4 is 0 Å². The summed E-state index contributed by atoms with van der Waals surface area (Å²) in [4.78, 5) is 5.96. The zero-order valence-electron chi connectivity index (χ0n) is 14.6. The van der Waals surface area contributed by atoms with Gasteiger partial charge in [0.1, 0.15) is 5.54 Å². The summed E-state index contributed by atoms with van der Waals surface area (Å²) < 4.78 is 0. The molecule has 124 valence electrons. The summed E-state index contributed by atoms with van der Waals surface area (Å²) in [6.07, 6.45) is 0. The van der Waals surface area contributed by atoms with Crippen LogP contribution in [0, 0.1) is 0 Å². The smallest absolute Gasteiger partial charge is 0.122 e. The molecule has 0 aromatic heterocycles. The molecule has 0 heterocycles. The number of hydrogen-bond acceptors (Lipinski definition) is 2. The lowest BCUT2D eigenvalue weighted by Crippen LogP contribution is -2.53. The molecule has 0 saturated heterocycles. The van der Waals surface area contributed by atoms with Gasteiger partial charge in [0.15, 0.2) is 0 Å². The van der Waals surface area contributed by atoms with Crippen LogP contribution in [0.25, 0.3) is 0 Å². The van der Waals surface area contributed by atoms with E-state index in [2.05, 4.69) is 84.8 Å². The van der Waals surface area contributed by atoms with Crippen molar-refractivity contribution in [1.29, 1.82) is 0 Å². The molecule has 3 aliphatic rings. The Morgan fingerprint density at radius 1 is 0.760 bits per heavy atom. The molecule has 3 aromatic carbocycles. The first-order valence-corrected chi connectivity index (χ1v) is 8.94. The molecule has 3 aliphatic carbocycles. The fourth-order valence-electron chi connectivity index (χ4n) is 5.08. The second-order valence-corrected chi connectivity index (χ2v) is 6.78. The SMILES string of the molecule is CCN(OC)C12c3ccccc3C(c3ccccc31)c1ccccc12. The van der Waals surface area contributed by atoms with E-state index in [0.29, 0.717) is 5.92 Å². The van der Waals surface area contributed by atoms with E-state index in [-0.39, 0.29) is 5.54 Å². The van der Waals surface area contributed by atoms with E-state index in [1.807, 2.05) is 0 Å². The topological polar surface area (TPSA) is 12.5 Å². The number of hydroxylamine groups is 2. The van der Waals surface area contributed by atoms with Crippen molar-refractivity contribution in [2.24, 2.45) is 0 Å². The van der Waals surface area contributed by atoms with Gasteiger partial charge in [0.2, 0.25) is 0 Å². The van der Waals surface area contributed by atoms with Crippen LogP contribution >= 0.6 is 0 Å². The van der Waals surface area contributed by atoms with Gasteiger partial charge < -0.3 is 4.84 Å². The van der Waals surface area contributed by atoms with Crippen LogP contribution in [-0.2, 0) is 10.4 Å². The lowest BCUT2D eigenvalue weighted by Gasteiger charge is -2.54. The third-order valence-electron chi connectivity index (χ3n) is 5.87. The van der Waals surface area contributed by atoms with E-state index in [1.54, 1.807) is 7.11 Å². The molecule has 3 aromatic rings. The van der Waals surface area contributed by atoms with Gasteiger partial charge in [0, 0.05) is 12.5 Å². The lowest BCUT2D eigenvalue weighted by atomic mass is 9.57. The van der Waals surface area contributed by atoms with Gasteiger partial charge in [0.05, 0.1) is 7.11 Å². The predicted molar refractivity (Wildman–Crippen MR) is 99.5 cm³/mol. The van der Waals surface area contributed by atoms with Crippen LogP contribution in [0.3, 0.4) is 0 Å². The average Bonchev–Trinajstić information content (AvgIpc) is 2.69. The molecule has 0 atom stereocenters. The molecule has 0 fully saturated rings. The molecule has 2 heteroatoms. The van der Waals surface area contributed by atoms with Gasteiger partial charge in [0.25, 0.3) is 0 Å². The van der Waals surface area contributed by atoms with Gasteiger partial charge in [-0.05, 0) is 33.4 Å². The van der Waals surface area contributed by atoms with Crippen LogP contribution in [0.1, 0.15) is 46.2 Å². The Bertz CT molecular complexity index is 842. The van der Waals surface area contributed by atoms with E-state index in [9.17, 15) is 0 Å². The highest BCUT2D eigenvalue weighted by Crippen LogP contribution is 2.60. The summed E-state index contributed by atoms with van der Waals surface area (Å²) in [5.41, 5.74) is 7.85. The molecule has 0 aliphatic heterocycles. The van der Waals surface area contributed by atoms with Crippen molar-refractivity contribution in [2.45, 2.75) is 18.4 Å². The first kappa shape index (κ1) is 14.9. The normalized spacial score (nSPS) is 22.4. The van der Waals surface area contributed by atoms with Crippen LogP contribution in [0.4, 0.5) is 0 Å². The Hall–Kier alpha value is -2.42. The van der Waals surface area contributed by atoms with Crippen molar-refractivity contribution in [1.82, 2.24) is 5.06 Å². The average molecular weight is 327 g/mol. The van der Waals surface area contributed by atoms with Gasteiger partial charge in [-0.25, -0.2) is 0 Å². The molecule has 2 bridgehead atoms. The minimum atomic E-state index is -0.387. The van der Waals surface area contributed by atoms with E-state index >= 15 is 0 Å². The summed E-state index contributed by atoms with van der Waals surface area (Å²) >= 11 is 0. The second kappa shape index (κ2) is 5.29. The maximum absolute atomic E-state index is 5.96. The van der Waals surface area contributed by atoms with E-state index in [0.717, 1.165) is 6.54 Å². The van der Waals surface area contributed by atoms with Gasteiger partial charge in [-0.1, -0.05) is 79.7 Å². The third-order valence-corrected chi connectivity index (χ3v) is 5.87. The zero-order chi connectivity index (χ0) is 17.0. The lowest BCUT2D eigenvalue weighted by molar-refractivity contribution is -0.180. The van der Waals surface area contributed by atoms with Crippen molar-refractivity contribution < 1.29 is 4.84 Å². The molecule has 6 rings (SSSR count). The highest BCUT2D eigenvalue weighted by Gasteiger charge is 2.54. The van der Waals surface area contributed by atoms with Gasteiger partial charge in [-0.15, -0.1) is 0 Å². The Morgan fingerprint density at radius 3 is 1.52 bits per heavy atom. The molecule has 0 amide bonds. The van der Waals surface area contributed by atoms with Crippen molar-refractivity contribution in [2.75, 3.05) is 13.7 Å². The standard InChI is InChI=1S/C23H21NO/c1-3-24(25-2)23-19-13-7-4-10-16(19)22(17-11-5-8-14-20(17)23)18-12-6-9-15-21(18)23/h4-15,22H,3H2,1-2H3. The van der Waals surface area contributed by atoms with Crippen molar-refractivity contribution in [3.8, 4) is 0 Å². The first-order chi connectivity index (χ1) is 12.3. The zero-order valence-corrected chi connectivity index (χ0v) is 14.6. The summed E-state index contributed by atoms with van der Waals surface area (Å²) in [6.45, 7) is 2.96. The molecule has 0 unspecified atom stereocenters. The third kappa shape index (κ3) is 1.66. The van der Waals surface area contributed by atoms with E-state index in [1.165, 1.54) is 33.4 Å². The molecule has 0 radical (unpaired) electrons. The van der Waals surface area contributed by atoms with Crippen LogP contribution in [0.2, 0.25) is 0 Å². The molecule has 25 heavy (non-hydrogen) atoms. The molecular formula is C23H21NO. The fourth-order valence-corrected chi connectivity index (χ4v) is 5.08. The van der Waals surface area contributed by atoms with Crippen LogP contribution in [0.5, 0.6) is 0 Å². The number of benzene rings is 3. The minimum Gasteiger partial charge on any atom is -0.301 e. The molecule has 0 saturated carbocycles. The second-order valence-electron chi connectivity index (χ2n) is 6.78. The first-order valence-electron chi connectivity index (χ1n) is 8.94. The monoisotopic (exact) mass is 327 g/mol. The summed E-state index contributed by atoms with van der Waals surface area (Å²) in [7, 11) is 1.78. The molecule has 0 N–H and O–H groups in total. The van der Waals surface area contributed by atoms with Gasteiger partial charge >= 0.3 is 0 Å². The Kier molecular flexibility index (Phi) is 3.15. The Balaban J connectivity index is 1.99. The number of rotatable bonds is 3. The van der Waals surface area contributed by atoms with Crippen molar-refractivity contribution in [3.63, 3.8) is 0 Å². The quantitative estimate of drug-likeness (QED) is 0.648. The Labute approximate surface area is 148 Å². The molecular weight excluding hydrogens is 306 g/mol. The van der Waals surface area contributed by atoms with Gasteiger partial charge in [-0.3, -0.25) is 0 Å². The number of nitrogens with zero attached hydrogens (tertiary/aromatic N) is 1. The summed E-state index contributed by atoms with van der Waals surface area (Å²) in [5.74, 6) is 0.307. The molecule has 0 spiro atoms. The minimum absolute atomic E-state index is 0.307. The van der Waals surface area contributed by atoms with E-state index < -0.39 is 0 Å². The largest absolute Gasteiger partial charge is 0.301 e.